The molecular weight excluding hydrogens is 422 g/mol. The minimum atomic E-state index is -0.297. The van der Waals surface area contributed by atoms with Crippen LogP contribution in [0.2, 0.25) is 0 Å². The van der Waals surface area contributed by atoms with Gasteiger partial charge >= 0.3 is 6.09 Å². The maximum absolute atomic E-state index is 12.3. The first kappa shape index (κ1) is 22.1. The lowest BCUT2D eigenvalue weighted by Gasteiger charge is -2.17. The number of ether oxygens (including phenoxy) is 2. The van der Waals surface area contributed by atoms with Gasteiger partial charge in [-0.2, -0.15) is 0 Å². The molecule has 0 aliphatic carbocycles. The number of amides is 1. The monoisotopic (exact) mass is 445 g/mol. The average molecular weight is 446 g/mol. The molecule has 2 N–H and O–H groups in total. The van der Waals surface area contributed by atoms with Crippen LogP contribution in [-0.4, -0.2) is 35.2 Å². The van der Waals surface area contributed by atoms with Gasteiger partial charge in [0.2, 0.25) is 0 Å². The van der Waals surface area contributed by atoms with E-state index in [0.29, 0.717) is 19.6 Å². The van der Waals surface area contributed by atoms with Gasteiger partial charge in [-0.15, -0.1) is 23.7 Å². The van der Waals surface area contributed by atoms with Gasteiger partial charge < -0.3 is 20.1 Å². The second-order valence-corrected chi connectivity index (χ2v) is 7.99. The lowest BCUT2D eigenvalue weighted by molar-refractivity contribution is 0.0991. The van der Waals surface area contributed by atoms with Crippen LogP contribution in [0.1, 0.15) is 16.9 Å². The number of rotatable bonds is 6. The van der Waals surface area contributed by atoms with Crippen LogP contribution in [0.5, 0.6) is 5.75 Å². The van der Waals surface area contributed by atoms with Crippen LogP contribution in [-0.2, 0) is 17.9 Å². The molecule has 2 heterocycles. The number of halogens is 1. The first-order chi connectivity index (χ1) is 14.2. The van der Waals surface area contributed by atoms with Gasteiger partial charge in [0.05, 0.1) is 6.54 Å². The highest BCUT2D eigenvalue weighted by molar-refractivity contribution is 7.15. The Morgan fingerprint density at radius 3 is 2.63 bits per heavy atom. The van der Waals surface area contributed by atoms with Crippen molar-refractivity contribution in [3.05, 3.63) is 71.2 Å². The van der Waals surface area contributed by atoms with E-state index in [2.05, 4.69) is 4.98 Å². The van der Waals surface area contributed by atoms with Crippen molar-refractivity contribution in [2.75, 3.05) is 13.1 Å². The number of thiazole rings is 1. The summed E-state index contributed by atoms with van der Waals surface area (Å²) < 4.78 is 11.5. The molecule has 30 heavy (non-hydrogen) atoms. The molecule has 1 fully saturated rings. The fourth-order valence-corrected chi connectivity index (χ4v) is 4.00. The fourth-order valence-electron chi connectivity index (χ4n) is 3.20. The number of carbonyl (C=O) groups is 1. The number of nitrogens with two attached hydrogens (primary N) is 1. The molecule has 1 aliphatic heterocycles. The van der Waals surface area contributed by atoms with Gasteiger partial charge in [-0.25, -0.2) is 9.78 Å². The Labute approximate surface area is 186 Å². The highest BCUT2D eigenvalue weighted by atomic mass is 35.5. The molecule has 0 radical (unpaired) electrons. The number of hydrogen-bond acceptors (Lipinski definition) is 6. The summed E-state index contributed by atoms with van der Waals surface area (Å²) in [6, 6.07) is 17.5. The molecule has 8 heteroatoms. The van der Waals surface area contributed by atoms with Crippen molar-refractivity contribution in [2.24, 2.45) is 5.73 Å². The van der Waals surface area contributed by atoms with E-state index >= 15 is 0 Å². The zero-order valence-electron chi connectivity index (χ0n) is 16.4. The Bertz CT molecular complexity index is 950. The number of likely N-dealkylation sites (tertiary alicyclic amines) is 1. The summed E-state index contributed by atoms with van der Waals surface area (Å²) in [6.07, 6.45) is 2.27. The maximum Gasteiger partial charge on any atom is 0.410 e. The molecule has 3 aromatic rings. The topological polar surface area (TPSA) is 77.7 Å². The zero-order valence-corrected chi connectivity index (χ0v) is 18.0. The third-order valence-corrected chi connectivity index (χ3v) is 5.84. The molecule has 1 atom stereocenters. The van der Waals surface area contributed by atoms with Gasteiger partial charge in [0, 0.05) is 36.1 Å². The second kappa shape index (κ2) is 10.4. The normalized spacial score (nSPS) is 15.5. The molecular formula is C22H24ClN3O3S. The Balaban J connectivity index is 0.00000256. The molecule has 4 rings (SSSR count). The molecule has 0 bridgehead atoms. The van der Waals surface area contributed by atoms with Crippen molar-refractivity contribution in [2.45, 2.75) is 25.7 Å². The van der Waals surface area contributed by atoms with E-state index in [9.17, 15) is 4.79 Å². The van der Waals surface area contributed by atoms with Crippen LogP contribution in [0.25, 0.3) is 10.6 Å². The summed E-state index contributed by atoms with van der Waals surface area (Å²) in [5.41, 5.74) is 7.67. The Morgan fingerprint density at radius 1 is 1.17 bits per heavy atom. The molecule has 158 valence electrons. The Hall–Kier alpha value is -2.61. The summed E-state index contributed by atoms with van der Waals surface area (Å²) in [5.74, 6) is 0.786. The Kier molecular flexibility index (Phi) is 7.68. The summed E-state index contributed by atoms with van der Waals surface area (Å²) in [6.45, 7) is 1.95. The van der Waals surface area contributed by atoms with Crippen LogP contribution in [0.15, 0.2) is 60.8 Å². The predicted octanol–water partition coefficient (Wildman–Crippen LogP) is 4.48. The smallest absolute Gasteiger partial charge is 0.410 e. The van der Waals surface area contributed by atoms with E-state index < -0.39 is 0 Å². The SMILES string of the molecule is Cl.NCc1cnc(-c2ccc(O[C@H]3CCN(C(=O)OCc4ccccc4)C3)cc2)s1. The molecule has 0 unspecified atom stereocenters. The lowest BCUT2D eigenvalue weighted by atomic mass is 10.2. The summed E-state index contributed by atoms with van der Waals surface area (Å²) in [4.78, 5) is 19.4. The zero-order chi connectivity index (χ0) is 20.1. The lowest BCUT2D eigenvalue weighted by Crippen LogP contribution is -2.31. The standard InChI is InChI=1S/C22H23N3O3S.ClH/c23-12-20-13-24-21(29-20)17-6-8-18(9-7-17)28-19-10-11-25(14-19)22(26)27-15-16-4-2-1-3-5-16;/h1-9,13,19H,10-12,14-15,23H2;1H/t19-;/m0./s1. The van der Waals surface area contributed by atoms with Crippen LogP contribution in [0.3, 0.4) is 0 Å². The summed E-state index contributed by atoms with van der Waals surface area (Å²) in [7, 11) is 0. The Morgan fingerprint density at radius 2 is 1.93 bits per heavy atom. The van der Waals surface area contributed by atoms with Gasteiger partial charge in [0.15, 0.2) is 0 Å². The summed E-state index contributed by atoms with van der Waals surface area (Å²) >= 11 is 1.60. The van der Waals surface area contributed by atoms with E-state index in [1.165, 1.54) is 0 Å². The number of carbonyl (C=O) groups excluding carboxylic acids is 1. The van der Waals surface area contributed by atoms with Gasteiger partial charge in [-0.05, 0) is 29.8 Å². The van der Waals surface area contributed by atoms with Crippen LogP contribution >= 0.6 is 23.7 Å². The minimum Gasteiger partial charge on any atom is -0.489 e. The van der Waals surface area contributed by atoms with E-state index in [1.807, 2.05) is 60.8 Å². The highest BCUT2D eigenvalue weighted by Gasteiger charge is 2.28. The number of aromatic nitrogens is 1. The highest BCUT2D eigenvalue weighted by Crippen LogP contribution is 2.27. The molecule has 6 nitrogen and oxygen atoms in total. The molecule has 0 saturated carbocycles. The fraction of sp³-hybridized carbons (Fsp3) is 0.273. The number of nitrogens with zero attached hydrogens (tertiary/aromatic N) is 2. The van der Waals surface area contributed by atoms with E-state index in [1.54, 1.807) is 16.2 Å². The van der Waals surface area contributed by atoms with Crippen LogP contribution in [0.4, 0.5) is 4.79 Å². The first-order valence-electron chi connectivity index (χ1n) is 9.59. The second-order valence-electron chi connectivity index (χ2n) is 6.87. The molecule has 2 aromatic carbocycles. The van der Waals surface area contributed by atoms with E-state index in [4.69, 9.17) is 15.2 Å². The van der Waals surface area contributed by atoms with Crippen molar-refractivity contribution in [1.82, 2.24) is 9.88 Å². The van der Waals surface area contributed by atoms with Crippen LogP contribution in [0, 0.1) is 0 Å². The van der Waals surface area contributed by atoms with E-state index in [-0.39, 0.29) is 31.2 Å². The third-order valence-electron chi connectivity index (χ3n) is 4.77. The van der Waals surface area contributed by atoms with Crippen LogP contribution < -0.4 is 10.5 Å². The van der Waals surface area contributed by atoms with Crippen molar-refractivity contribution in [1.29, 1.82) is 0 Å². The average Bonchev–Trinajstić information content (AvgIpc) is 3.43. The van der Waals surface area contributed by atoms with Crippen molar-refractivity contribution in [3.63, 3.8) is 0 Å². The predicted molar refractivity (Wildman–Crippen MR) is 120 cm³/mol. The quantitative estimate of drug-likeness (QED) is 0.605. The van der Waals surface area contributed by atoms with Gasteiger partial charge in [-0.3, -0.25) is 0 Å². The van der Waals surface area contributed by atoms with Crippen molar-refractivity contribution < 1.29 is 14.3 Å². The van der Waals surface area contributed by atoms with E-state index in [0.717, 1.165) is 33.2 Å². The third kappa shape index (κ3) is 5.50. The number of benzene rings is 2. The molecule has 1 aromatic heterocycles. The maximum atomic E-state index is 12.3. The molecule has 1 amide bonds. The molecule has 1 saturated heterocycles. The van der Waals surface area contributed by atoms with Gasteiger partial charge in [0.25, 0.3) is 0 Å². The van der Waals surface area contributed by atoms with Gasteiger partial charge in [0.1, 0.15) is 23.5 Å². The summed E-state index contributed by atoms with van der Waals surface area (Å²) in [5, 5.41) is 0.949. The van der Waals surface area contributed by atoms with Gasteiger partial charge in [-0.1, -0.05) is 30.3 Å². The number of hydrogen-bond donors (Lipinski definition) is 1. The largest absolute Gasteiger partial charge is 0.489 e. The molecule has 0 spiro atoms. The first-order valence-corrected chi connectivity index (χ1v) is 10.4. The molecule has 1 aliphatic rings. The van der Waals surface area contributed by atoms with Crippen molar-refractivity contribution >= 4 is 29.8 Å². The van der Waals surface area contributed by atoms with Crippen molar-refractivity contribution in [3.8, 4) is 16.3 Å². The minimum absolute atomic E-state index is 0.